The molecule has 0 saturated carbocycles. The first-order chi connectivity index (χ1) is 16.2. The minimum Gasteiger partial charge on any atom is -0.496 e. The lowest BCUT2D eigenvalue weighted by Gasteiger charge is -2.21. The van der Waals surface area contributed by atoms with Crippen molar-refractivity contribution >= 4 is 5.91 Å². The van der Waals surface area contributed by atoms with Gasteiger partial charge in [0.05, 0.1) is 19.0 Å². The van der Waals surface area contributed by atoms with Crippen LogP contribution in [-0.2, 0) is 19.5 Å². The monoisotopic (exact) mass is 447 g/mol. The lowest BCUT2D eigenvalue weighted by atomic mass is 10.1. The predicted octanol–water partition coefficient (Wildman–Crippen LogP) is 2.54. The number of pyridine rings is 1. The highest BCUT2D eigenvalue weighted by molar-refractivity contribution is 5.98. The van der Waals surface area contributed by atoms with Gasteiger partial charge in [0.25, 0.3) is 11.5 Å². The average Bonchev–Trinajstić information content (AvgIpc) is 3.49. The fourth-order valence-electron chi connectivity index (χ4n) is 4.95. The predicted molar refractivity (Wildman–Crippen MR) is 125 cm³/mol. The molecule has 2 aliphatic rings. The van der Waals surface area contributed by atoms with Crippen LogP contribution >= 0.6 is 0 Å². The van der Waals surface area contributed by atoms with Gasteiger partial charge in [0.15, 0.2) is 0 Å². The van der Waals surface area contributed by atoms with Crippen molar-refractivity contribution in [3.05, 3.63) is 69.8 Å². The number of methoxy groups -OCH3 is 1. The van der Waals surface area contributed by atoms with E-state index in [1.807, 2.05) is 29.3 Å². The number of H-pyrrole nitrogens is 1. The molecule has 33 heavy (non-hydrogen) atoms. The third-order valence-corrected chi connectivity index (χ3v) is 6.69. The molecule has 3 aromatic rings. The van der Waals surface area contributed by atoms with Crippen molar-refractivity contribution in [1.82, 2.24) is 24.6 Å². The molecule has 1 fully saturated rings. The lowest BCUT2D eigenvalue weighted by Crippen LogP contribution is -2.33. The highest BCUT2D eigenvalue weighted by Gasteiger charge is 2.29. The molecule has 2 aromatic heterocycles. The van der Waals surface area contributed by atoms with Gasteiger partial charge in [-0.2, -0.15) is 5.10 Å². The van der Waals surface area contributed by atoms with E-state index < -0.39 is 0 Å². The van der Waals surface area contributed by atoms with E-state index in [-0.39, 0.29) is 11.5 Å². The summed E-state index contributed by atoms with van der Waals surface area (Å²) in [6.45, 7) is 4.24. The van der Waals surface area contributed by atoms with Crippen molar-refractivity contribution in [2.75, 3.05) is 33.3 Å². The summed E-state index contributed by atoms with van der Waals surface area (Å²) in [4.78, 5) is 30.4. The molecule has 1 aromatic carbocycles. The number of hydrogen-bond acceptors (Lipinski definition) is 5. The van der Waals surface area contributed by atoms with Crippen molar-refractivity contribution in [2.24, 2.45) is 0 Å². The van der Waals surface area contributed by atoms with E-state index in [1.165, 1.54) is 13.2 Å². The number of carbonyl (C=O) groups is 1. The number of carbonyl (C=O) groups excluding carboxylic acids is 1. The smallest absolute Gasteiger partial charge is 0.259 e. The number of benzene rings is 1. The van der Waals surface area contributed by atoms with Gasteiger partial charge in [-0.15, -0.1) is 0 Å². The lowest BCUT2D eigenvalue weighted by molar-refractivity contribution is 0.0787. The number of nitrogens with zero attached hydrogens (tertiary/aromatic N) is 4. The Morgan fingerprint density at radius 1 is 1.09 bits per heavy atom. The van der Waals surface area contributed by atoms with Crippen LogP contribution in [0.15, 0.2) is 47.4 Å². The third kappa shape index (κ3) is 4.18. The molecular formula is C25H29N5O3. The van der Waals surface area contributed by atoms with Gasteiger partial charge in [0, 0.05) is 63.0 Å². The largest absolute Gasteiger partial charge is 0.496 e. The summed E-state index contributed by atoms with van der Waals surface area (Å²) in [6, 6.07) is 11.6. The summed E-state index contributed by atoms with van der Waals surface area (Å²) in [5.74, 6) is 0.362. The summed E-state index contributed by atoms with van der Waals surface area (Å²) >= 11 is 0. The van der Waals surface area contributed by atoms with Gasteiger partial charge < -0.3 is 14.2 Å². The Morgan fingerprint density at radius 3 is 2.64 bits per heavy atom. The Balaban J connectivity index is 1.42. The van der Waals surface area contributed by atoms with Crippen LogP contribution in [0.25, 0.3) is 11.3 Å². The Hall–Kier alpha value is -3.39. The molecular weight excluding hydrogens is 418 g/mol. The number of fused-ring (bicyclic) bond motifs is 1. The van der Waals surface area contributed by atoms with E-state index >= 15 is 0 Å². The first-order valence-electron chi connectivity index (χ1n) is 11.6. The molecule has 1 N–H and O–H groups in total. The van der Waals surface area contributed by atoms with Crippen LogP contribution < -0.4 is 10.3 Å². The van der Waals surface area contributed by atoms with Gasteiger partial charge in [-0.05, 0) is 18.4 Å². The first-order valence-corrected chi connectivity index (χ1v) is 11.6. The van der Waals surface area contributed by atoms with E-state index in [4.69, 9.17) is 4.74 Å². The van der Waals surface area contributed by atoms with Gasteiger partial charge in [0.2, 0.25) is 0 Å². The van der Waals surface area contributed by atoms with E-state index in [1.54, 1.807) is 4.57 Å². The van der Waals surface area contributed by atoms with Crippen molar-refractivity contribution in [3.8, 4) is 17.0 Å². The Bertz CT molecular complexity index is 1190. The maximum absolute atomic E-state index is 13.4. The number of hydrogen-bond donors (Lipinski definition) is 1. The zero-order valence-corrected chi connectivity index (χ0v) is 18.9. The Kier molecular flexibility index (Phi) is 6.00. The van der Waals surface area contributed by atoms with Crippen molar-refractivity contribution in [3.63, 3.8) is 0 Å². The normalized spacial score (nSPS) is 16.5. The van der Waals surface area contributed by atoms with Crippen LogP contribution in [0.3, 0.4) is 0 Å². The van der Waals surface area contributed by atoms with Gasteiger partial charge in [-0.1, -0.05) is 30.3 Å². The second kappa shape index (κ2) is 9.23. The van der Waals surface area contributed by atoms with Crippen molar-refractivity contribution in [1.29, 1.82) is 0 Å². The quantitative estimate of drug-likeness (QED) is 0.650. The Labute approximate surface area is 192 Å². The molecule has 0 atom stereocenters. The number of ether oxygens (including phenoxy) is 1. The van der Waals surface area contributed by atoms with Crippen LogP contribution in [0.4, 0.5) is 0 Å². The fraction of sp³-hybridized carbons (Fsp3) is 0.400. The minimum absolute atomic E-state index is 0.0252. The second-order valence-electron chi connectivity index (χ2n) is 8.69. The van der Waals surface area contributed by atoms with E-state index in [0.717, 1.165) is 68.1 Å². The Morgan fingerprint density at radius 2 is 1.88 bits per heavy atom. The summed E-state index contributed by atoms with van der Waals surface area (Å²) < 4.78 is 7.27. The molecule has 5 rings (SSSR count). The summed E-state index contributed by atoms with van der Waals surface area (Å²) in [6.07, 6.45) is 4.52. The number of nitrogens with one attached hydrogen (secondary N) is 1. The maximum atomic E-state index is 13.4. The third-order valence-electron chi connectivity index (χ3n) is 6.69. The number of rotatable bonds is 5. The van der Waals surface area contributed by atoms with Gasteiger partial charge >= 0.3 is 0 Å². The zero-order chi connectivity index (χ0) is 22.8. The molecule has 0 aliphatic carbocycles. The van der Waals surface area contributed by atoms with Crippen LogP contribution in [0, 0.1) is 0 Å². The molecule has 2 aliphatic heterocycles. The SMILES string of the molecule is COc1cc(=O)n2c(c1C(=O)N1CCCC1)CCN(Cc1cn[nH]c1-c1ccccc1)CC2. The highest BCUT2D eigenvalue weighted by atomic mass is 16.5. The molecule has 1 amide bonds. The number of amides is 1. The molecule has 8 nitrogen and oxygen atoms in total. The number of aromatic nitrogens is 3. The topological polar surface area (TPSA) is 83.5 Å². The molecule has 1 saturated heterocycles. The maximum Gasteiger partial charge on any atom is 0.259 e. The number of aromatic amines is 1. The van der Waals surface area contributed by atoms with E-state index in [2.05, 4.69) is 27.2 Å². The second-order valence-corrected chi connectivity index (χ2v) is 8.69. The molecule has 0 bridgehead atoms. The van der Waals surface area contributed by atoms with E-state index in [9.17, 15) is 9.59 Å². The van der Waals surface area contributed by atoms with Crippen molar-refractivity contribution in [2.45, 2.75) is 32.4 Å². The van der Waals surface area contributed by atoms with Crippen LogP contribution in [0.2, 0.25) is 0 Å². The van der Waals surface area contributed by atoms with Crippen LogP contribution in [0.5, 0.6) is 5.75 Å². The van der Waals surface area contributed by atoms with Crippen molar-refractivity contribution < 1.29 is 9.53 Å². The standard InChI is InChI=1S/C25H29N5O3/c1-33-21-15-22(31)30-14-13-28(12-9-20(30)23(21)25(32)29-10-5-6-11-29)17-19-16-26-27-24(19)18-7-3-2-4-8-18/h2-4,7-8,15-16H,5-6,9-14,17H2,1H3,(H,26,27). The highest BCUT2D eigenvalue weighted by Crippen LogP contribution is 2.27. The molecule has 172 valence electrons. The fourth-order valence-corrected chi connectivity index (χ4v) is 4.95. The number of likely N-dealkylation sites (tertiary alicyclic amines) is 1. The molecule has 8 heteroatoms. The first kappa shape index (κ1) is 21.5. The molecule has 4 heterocycles. The molecule has 0 radical (unpaired) electrons. The molecule has 0 unspecified atom stereocenters. The summed E-state index contributed by atoms with van der Waals surface area (Å²) in [7, 11) is 1.53. The van der Waals surface area contributed by atoms with Gasteiger partial charge in [0.1, 0.15) is 11.3 Å². The van der Waals surface area contributed by atoms with Gasteiger partial charge in [-0.25, -0.2) is 0 Å². The summed E-state index contributed by atoms with van der Waals surface area (Å²) in [5, 5.41) is 7.40. The van der Waals surface area contributed by atoms with Gasteiger partial charge in [-0.3, -0.25) is 19.6 Å². The van der Waals surface area contributed by atoms with Crippen LogP contribution in [-0.4, -0.2) is 63.8 Å². The van der Waals surface area contributed by atoms with Crippen LogP contribution in [0.1, 0.15) is 34.5 Å². The zero-order valence-electron chi connectivity index (χ0n) is 18.9. The molecule has 0 spiro atoms. The van der Waals surface area contributed by atoms with E-state index in [0.29, 0.717) is 24.3 Å². The summed E-state index contributed by atoms with van der Waals surface area (Å²) in [5.41, 5.74) is 4.45. The minimum atomic E-state index is -0.116. The average molecular weight is 448 g/mol.